The molecule has 4 rings (SSSR count). The second-order valence-electron chi connectivity index (χ2n) is 5.17. The summed E-state index contributed by atoms with van der Waals surface area (Å²) >= 11 is 1.81. The Morgan fingerprint density at radius 2 is 2.10 bits per heavy atom. The number of aromatic nitrogens is 2. The average molecular weight is 300 g/mol. The Hall–Kier alpha value is -2.01. The zero-order chi connectivity index (χ0) is 14.4. The van der Waals surface area contributed by atoms with Crippen molar-refractivity contribution in [3.05, 3.63) is 35.0 Å². The number of ether oxygens (including phenoxy) is 2. The third-order valence-corrected chi connectivity index (χ3v) is 5.16. The Balaban J connectivity index is 1.84. The Bertz CT molecular complexity index is 819. The third-order valence-electron chi connectivity index (χ3n) is 4.00. The SMILES string of the molecule is COc1ccc(-c2cn3c4c(sc3n2)CCC4)c(OC)c1. The van der Waals surface area contributed by atoms with Crippen LogP contribution in [0.2, 0.25) is 0 Å². The summed E-state index contributed by atoms with van der Waals surface area (Å²) in [6, 6.07) is 5.84. The van der Waals surface area contributed by atoms with Crippen LogP contribution in [-0.2, 0) is 12.8 Å². The van der Waals surface area contributed by atoms with Gasteiger partial charge in [-0.25, -0.2) is 4.98 Å². The highest BCUT2D eigenvalue weighted by atomic mass is 32.1. The number of hydrogen-bond donors (Lipinski definition) is 0. The molecule has 1 aliphatic rings. The summed E-state index contributed by atoms with van der Waals surface area (Å²) in [5, 5.41) is 0. The van der Waals surface area contributed by atoms with E-state index in [9.17, 15) is 0 Å². The van der Waals surface area contributed by atoms with E-state index in [0.29, 0.717) is 0 Å². The van der Waals surface area contributed by atoms with Gasteiger partial charge in [-0.15, -0.1) is 11.3 Å². The first-order valence-corrected chi connectivity index (χ1v) is 7.84. The Morgan fingerprint density at radius 3 is 2.90 bits per heavy atom. The maximum absolute atomic E-state index is 5.48. The van der Waals surface area contributed by atoms with Crippen LogP contribution in [0.4, 0.5) is 0 Å². The summed E-state index contributed by atoms with van der Waals surface area (Å²) in [5.41, 5.74) is 3.39. The number of aryl methyl sites for hydroxylation is 2. The predicted octanol–water partition coefficient (Wildman–Crippen LogP) is 3.57. The standard InChI is InChI=1S/C16H16N2O2S/c1-19-10-6-7-11(14(8-10)20-2)12-9-18-13-4-3-5-15(13)21-16(18)17-12/h6-9H,3-5H2,1-2H3. The Morgan fingerprint density at radius 1 is 1.19 bits per heavy atom. The van der Waals surface area contributed by atoms with Gasteiger partial charge in [0.2, 0.25) is 0 Å². The van der Waals surface area contributed by atoms with Crippen LogP contribution in [0.15, 0.2) is 24.4 Å². The first-order valence-electron chi connectivity index (χ1n) is 7.02. The summed E-state index contributed by atoms with van der Waals surface area (Å²) in [5.74, 6) is 1.58. The molecule has 0 saturated carbocycles. The van der Waals surface area contributed by atoms with Crippen molar-refractivity contribution in [3.63, 3.8) is 0 Å². The molecule has 21 heavy (non-hydrogen) atoms. The minimum atomic E-state index is 0.789. The molecule has 0 unspecified atom stereocenters. The van der Waals surface area contributed by atoms with Crippen molar-refractivity contribution in [1.82, 2.24) is 9.38 Å². The lowest BCUT2D eigenvalue weighted by atomic mass is 10.1. The van der Waals surface area contributed by atoms with Crippen molar-refractivity contribution in [3.8, 4) is 22.8 Å². The molecule has 108 valence electrons. The van der Waals surface area contributed by atoms with Crippen LogP contribution in [0.25, 0.3) is 16.2 Å². The van der Waals surface area contributed by atoms with E-state index in [-0.39, 0.29) is 0 Å². The number of nitrogens with zero attached hydrogens (tertiary/aromatic N) is 2. The zero-order valence-electron chi connectivity index (χ0n) is 12.0. The van der Waals surface area contributed by atoms with E-state index in [1.54, 1.807) is 14.2 Å². The number of hydrogen-bond acceptors (Lipinski definition) is 4. The minimum absolute atomic E-state index is 0.789. The first-order chi connectivity index (χ1) is 10.3. The van der Waals surface area contributed by atoms with Crippen LogP contribution in [0.1, 0.15) is 17.0 Å². The van der Waals surface area contributed by atoms with Crippen molar-refractivity contribution in [2.45, 2.75) is 19.3 Å². The molecule has 0 aliphatic heterocycles. The van der Waals surface area contributed by atoms with E-state index in [4.69, 9.17) is 14.5 Å². The highest BCUT2D eigenvalue weighted by Gasteiger charge is 2.20. The van der Waals surface area contributed by atoms with E-state index >= 15 is 0 Å². The maximum Gasteiger partial charge on any atom is 0.194 e. The van der Waals surface area contributed by atoms with Crippen LogP contribution >= 0.6 is 11.3 Å². The molecule has 0 bridgehead atoms. The summed E-state index contributed by atoms with van der Waals surface area (Å²) in [6.45, 7) is 0. The van der Waals surface area contributed by atoms with Crippen molar-refractivity contribution in [1.29, 1.82) is 0 Å². The lowest BCUT2D eigenvalue weighted by Crippen LogP contribution is -1.90. The lowest BCUT2D eigenvalue weighted by molar-refractivity contribution is 0.395. The predicted molar refractivity (Wildman–Crippen MR) is 83.6 cm³/mol. The van der Waals surface area contributed by atoms with E-state index in [1.165, 1.54) is 23.4 Å². The molecule has 0 fully saturated rings. The second kappa shape index (κ2) is 4.77. The van der Waals surface area contributed by atoms with E-state index in [1.807, 2.05) is 29.5 Å². The number of thiazole rings is 1. The van der Waals surface area contributed by atoms with Crippen LogP contribution < -0.4 is 9.47 Å². The molecular formula is C16H16N2O2S. The van der Waals surface area contributed by atoms with Gasteiger partial charge in [0.25, 0.3) is 0 Å². The second-order valence-corrected chi connectivity index (χ2v) is 6.23. The van der Waals surface area contributed by atoms with E-state index in [0.717, 1.165) is 34.1 Å². The molecule has 0 amide bonds. The molecule has 0 N–H and O–H groups in total. The molecule has 0 atom stereocenters. The van der Waals surface area contributed by atoms with Crippen LogP contribution in [0.5, 0.6) is 11.5 Å². The molecule has 3 aromatic rings. The molecule has 0 radical (unpaired) electrons. The summed E-state index contributed by atoms with van der Waals surface area (Å²) in [7, 11) is 3.33. The van der Waals surface area contributed by atoms with Gasteiger partial charge in [-0.05, 0) is 31.4 Å². The molecule has 4 nitrogen and oxygen atoms in total. The fourth-order valence-corrected chi connectivity index (χ4v) is 4.13. The molecule has 0 saturated heterocycles. The van der Waals surface area contributed by atoms with E-state index < -0.39 is 0 Å². The van der Waals surface area contributed by atoms with Gasteiger partial charge >= 0.3 is 0 Å². The van der Waals surface area contributed by atoms with Crippen LogP contribution in [0.3, 0.4) is 0 Å². The molecule has 5 heteroatoms. The quantitative estimate of drug-likeness (QED) is 0.742. The van der Waals surface area contributed by atoms with Gasteiger partial charge in [-0.1, -0.05) is 0 Å². The number of imidazole rings is 1. The van der Waals surface area contributed by atoms with Gasteiger partial charge in [0.15, 0.2) is 4.96 Å². The van der Waals surface area contributed by atoms with Gasteiger partial charge in [-0.3, -0.25) is 4.40 Å². The highest BCUT2D eigenvalue weighted by Crippen LogP contribution is 2.36. The minimum Gasteiger partial charge on any atom is -0.497 e. The fourth-order valence-electron chi connectivity index (χ4n) is 2.94. The van der Waals surface area contributed by atoms with Crippen LogP contribution in [0, 0.1) is 0 Å². The normalized spacial score (nSPS) is 13.6. The fraction of sp³-hybridized carbons (Fsp3) is 0.312. The number of rotatable bonds is 3. The number of methoxy groups -OCH3 is 2. The number of benzene rings is 1. The van der Waals surface area contributed by atoms with E-state index in [2.05, 4.69) is 10.6 Å². The molecule has 0 spiro atoms. The monoisotopic (exact) mass is 300 g/mol. The van der Waals surface area contributed by atoms with Gasteiger partial charge < -0.3 is 9.47 Å². The molecule has 1 aliphatic carbocycles. The largest absolute Gasteiger partial charge is 0.497 e. The van der Waals surface area contributed by atoms with Gasteiger partial charge in [0.1, 0.15) is 11.5 Å². The molecule has 2 heterocycles. The van der Waals surface area contributed by atoms with Crippen LogP contribution in [-0.4, -0.2) is 23.6 Å². The topological polar surface area (TPSA) is 35.8 Å². The first kappa shape index (κ1) is 12.7. The molecule has 1 aromatic carbocycles. The zero-order valence-corrected chi connectivity index (χ0v) is 12.9. The summed E-state index contributed by atoms with van der Waals surface area (Å²) < 4.78 is 13.0. The van der Waals surface area contributed by atoms with Gasteiger partial charge in [0, 0.05) is 28.4 Å². The number of fused-ring (bicyclic) bond motifs is 3. The Labute approximate surface area is 127 Å². The van der Waals surface area contributed by atoms with Crippen molar-refractivity contribution in [2.24, 2.45) is 0 Å². The molecule has 2 aromatic heterocycles. The maximum atomic E-state index is 5.48. The average Bonchev–Trinajstić information content (AvgIpc) is 3.18. The summed E-state index contributed by atoms with van der Waals surface area (Å²) in [4.78, 5) is 7.34. The molecular weight excluding hydrogens is 284 g/mol. The lowest BCUT2D eigenvalue weighted by Gasteiger charge is -2.08. The van der Waals surface area contributed by atoms with Crippen molar-refractivity contribution >= 4 is 16.3 Å². The Kier molecular flexibility index (Phi) is 2.89. The van der Waals surface area contributed by atoms with Gasteiger partial charge in [0.05, 0.1) is 19.9 Å². The van der Waals surface area contributed by atoms with Gasteiger partial charge in [-0.2, -0.15) is 0 Å². The smallest absolute Gasteiger partial charge is 0.194 e. The highest BCUT2D eigenvalue weighted by molar-refractivity contribution is 7.17. The van der Waals surface area contributed by atoms with Crippen molar-refractivity contribution in [2.75, 3.05) is 14.2 Å². The van der Waals surface area contributed by atoms with Crippen molar-refractivity contribution < 1.29 is 9.47 Å². The third kappa shape index (κ3) is 1.92. The summed E-state index contributed by atoms with van der Waals surface area (Å²) in [6.07, 6.45) is 5.74.